The van der Waals surface area contributed by atoms with Crippen LogP contribution < -0.4 is 5.73 Å². The lowest BCUT2D eigenvalue weighted by Gasteiger charge is -2.38. The van der Waals surface area contributed by atoms with Crippen LogP contribution in [0.4, 0.5) is 0 Å². The van der Waals surface area contributed by atoms with Crippen molar-refractivity contribution in [3.8, 4) is 0 Å². The summed E-state index contributed by atoms with van der Waals surface area (Å²) >= 11 is 0. The van der Waals surface area contributed by atoms with E-state index < -0.39 is 0 Å². The molecule has 1 unspecified atom stereocenters. The fourth-order valence-corrected chi connectivity index (χ4v) is 3.64. The minimum atomic E-state index is -0.00529. The average molecular weight is 284 g/mol. The van der Waals surface area contributed by atoms with Gasteiger partial charge in [-0.15, -0.1) is 0 Å². The van der Waals surface area contributed by atoms with E-state index in [0.29, 0.717) is 0 Å². The fourth-order valence-electron chi connectivity index (χ4n) is 3.64. The Morgan fingerprint density at radius 2 is 1.50 bits per heavy atom. The van der Waals surface area contributed by atoms with Crippen LogP contribution >= 0.6 is 0 Å². The van der Waals surface area contributed by atoms with Gasteiger partial charge in [-0.1, -0.05) is 71.1 Å². The van der Waals surface area contributed by atoms with Crippen molar-refractivity contribution in [1.29, 1.82) is 0 Å². The van der Waals surface area contributed by atoms with Gasteiger partial charge in [-0.3, -0.25) is 0 Å². The molecule has 2 N–H and O–H groups in total. The minimum absolute atomic E-state index is 0.00529. The van der Waals surface area contributed by atoms with Crippen molar-refractivity contribution in [2.75, 3.05) is 6.61 Å². The van der Waals surface area contributed by atoms with E-state index in [1.807, 2.05) is 0 Å². The molecule has 0 bridgehead atoms. The van der Waals surface area contributed by atoms with Crippen LogP contribution in [-0.2, 0) is 4.74 Å². The summed E-state index contributed by atoms with van der Waals surface area (Å²) in [5.41, 5.74) is 6.55. The predicted octanol–water partition coefficient (Wildman–Crippen LogP) is 5.19. The maximum atomic E-state index is 6.55. The third-order valence-corrected chi connectivity index (χ3v) is 4.93. The SMILES string of the molecule is CCCCCCCCC(N)C1(OCC)CCCCCC1. The number of hydrogen-bond donors (Lipinski definition) is 1. The highest BCUT2D eigenvalue weighted by Gasteiger charge is 2.37. The highest BCUT2D eigenvalue weighted by Crippen LogP contribution is 2.34. The second-order valence-corrected chi connectivity index (χ2v) is 6.57. The van der Waals surface area contributed by atoms with E-state index in [1.54, 1.807) is 0 Å². The molecule has 0 radical (unpaired) electrons. The van der Waals surface area contributed by atoms with Crippen LogP contribution in [0.25, 0.3) is 0 Å². The maximum Gasteiger partial charge on any atom is 0.0832 e. The van der Waals surface area contributed by atoms with E-state index in [2.05, 4.69) is 13.8 Å². The largest absolute Gasteiger partial charge is 0.374 e. The zero-order valence-corrected chi connectivity index (χ0v) is 14.0. The smallest absolute Gasteiger partial charge is 0.0832 e. The first-order chi connectivity index (χ1) is 9.75. The Balaban J connectivity index is 2.33. The first kappa shape index (κ1) is 18.0. The fraction of sp³-hybridized carbons (Fsp3) is 1.00. The molecule has 0 saturated heterocycles. The van der Waals surface area contributed by atoms with Gasteiger partial charge in [0.15, 0.2) is 0 Å². The van der Waals surface area contributed by atoms with Crippen LogP contribution in [-0.4, -0.2) is 18.2 Å². The van der Waals surface area contributed by atoms with Crippen molar-refractivity contribution >= 4 is 0 Å². The molecule has 20 heavy (non-hydrogen) atoms. The molecule has 1 rings (SSSR count). The maximum absolute atomic E-state index is 6.55. The number of rotatable bonds is 10. The number of nitrogens with two attached hydrogens (primary N) is 1. The Morgan fingerprint density at radius 1 is 0.900 bits per heavy atom. The van der Waals surface area contributed by atoms with Crippen LogP contribution in [0.1, 0.15) is 97.3 Å². The molecule has 1 saturated carbocycles. The molecule has 0 aromatic rings. The lowest BCUT2D eigenvalue weighted by molar-refractivity contribution is -0.0704. The molecule has 0 amide bonds. The van der Waals surface area contributed by atoms with Gasteiger partial charge in [-0.25, -0.2) is 0 Å². The van der Waals surface area contributed by atoms with Crippen LogP contribution in [0.2, 0.25) is 0 Å². The highest BCUT2D eigenvalue weighted by atomic mass is 16.5. The van der Waals surface area contributed by atoms with E-state index in [1.165, 1.54) is 77.0 Å². The van der Waals surface area contributed by atoms with Crippen molar-refractivity contribution in [1.82, 2.24) is 0 Å². The van der Waals surface area contributed by atoms with Crippen molar-refractivity contribution < 1.29 is 4.74 Å². The summed E-state index contributed by atoms with van der Waals surface area (Å²) in [5.74, 6) is 0. The molecule has 0 aromatic carbocycles. The quantitative estimate of drug-likeness (QED) is 0.442. The van der Waals surface area contributed by atoms with Gasteiger partial charge in [0.2, 0.25) is 0 Å². The summed E-state index contributed by atoms with van der Waals surface area (Å²) in [6.45, 7) is 5.20. The molecule has 1 aliphatic carbocycles. The molecular formula is C18H37NO. The summed E-state index contributed by atoms with van der Waals surface area (Å²) in [7, 11) is 0. The molecule has 0 aliphatic heterocycles. The van der Waals surface area contributed by atoms with E-state index in [9.17, 15) is 0 Å². The zero-order chi connectivity index (χ0) is 14.7. The van der Waals surface area contributed by atoms with Gasteiger partial charge in [0.1, 0.15) is 0 Å². The molecule has 1 fully saturated rings. The second-order valence-electron chi connectivity index (χ2n) is 6.57. The van der Waals surface area contributed by atoms with Gasteiger partial charge in [0, 0.05) is 12.6 Å². The standard InChI is InChI=1S/C18H37NO/c1-3-5-6-7-8-11-14-17(19)18(20-4-2)15-12-9-10-13-16-18/h17H,3-16,19H2,1-2H3. The lowest BCUT2D eigenvalue weighted by Crippen LogP contribution is -2.50. The Morgan fingerprint density at radius 3 is 2.10 bits per heavy atom. The summed E-state index contributed by atoms with van der Waals surface area (Å²) in [4.78, 5) is 0. The summed E-state index contributed by atoms with van der Waals surface area (Å²) in [6.07, 6.45) is 16.9. The van der Waals surface area contributed by atoms with Crippen molar-refractivity contribution in [2.45, 2.75) is 109 Å². The van der Waals surface area contributed by atoms with Gasteiger partial charge in [0.05, 0.1) is 5.60 Å². The van der Waals surface area contributed by atoms with E-state index in [0.717, 1.165) is 13.0 Å². The van der Waals surface area contributed by atoms with Crippen LogP contribution in [0.15, 0.2) is 0 Å². The number of unbranched alkanes of at least 4 members (excludes halogenated alkanes) is 5. The van der Waals surface area contributed by atoms with Crippen molar-refractivity contribution in [3.05, 3.63) is 0 Å². The van der Waals surface area contributed by atoms with Crippen LogP contribution in [0, 0.1) is 0 Å². The van der Waals surface area contributed by atoms with E-state index in [4.69, 9.17) is 10.5 Å². The minimum Gasteiger partial charge on any atom is -0.374 e. The molecule has 2 heteroatoms. The van der Waals surface area contributed by atoms with E-state index >= 15 is 0 Å². The summed E-state index contributed by atoms with van der Waals surface area (Å²) in [6, 6.07) is 0.242. The zero-order valence-electron chi connectivity index (χ0n) is 14.0. The molecule has 0 aromatic heterocycles. The molecule has 1 aliphatic rings. The van der Waals surface area contributed by atoms with Gasteiger partial charge in [-0.05, 0) is 26.2 Å². The van der Waals surface area contributed by atoms with Gasteiger partial charge < -0.3 is 10.5 Å². The van der Waals surface area contributed by atoms with Crippen molar-refractivity contribution in [3.63, 3.8) is 0 Å². The summed E-state index contributed by atoms with van der Waals surface area (Å²) in [5, 5.41) is 0. The average Bonchev–Trinajstić information content (AvgIpc) is 2.69. The van der Waals surface area contributed by atoms with Gasteiger partial charge in [0.25, 0.3) is 0 Å². The Hall–Kier alpha value is -0.0800. The molecule has 120 valence electrons. The third-order valence-electron chi connectivity index (χ3n) is 4.93. The van der Waals surface area contributed by atoms with E-state index in [-0.39, 0.29) is 11.6 Å². The molecule has 2 nitrogen and oxygen atoms in total. The topological polar surface area (TPSA) is 35.2 Å². The highest BCUT2D eigenvalue weighted by molar-refractivity contribution is 4.92. The first-order valence-electron chi connectivity index (χ1n) is 9.14. The first-order valence-corrected chi connectivity index (χ1v) is 9.14. The van der Waals surface area contributed by atoms with Gasteiger partial charge in [-0.2, -0.15) is 0 Å². The lowest BCUT2D eigenvalue weighted by atomic mass is 9.83. The second kappa shape index (κ2) is 10.6. The molecule has 1 atom stereocenters. The summed E-state index contributed by atoms with van der Waals surface area (Å²) < 4.78 is 6.18. The van der Waals surface area contributed by atoms with Gasteiger partial charge >= 0.3 is 0 Å². The Labute approximate surface area is 126 Å². The normalized spacial score (nSPS) is 20.6. The molecule has 0 spiro atoms. The van der Waals surface area contributed by atoms with Crippen LogP contribution in [0.3, 0.4) is 0 Å². The monoisotopic (exact) mass is 283 g/mol. The van der Waals surface area contributed by atoms with Crippen molar-refractivity contribution in [2.24, 2.45) is 5.73 Å². The Kier molecular flexibility index (Phi) is 9.54. The number of ether oxygens (including phenoxy) is 1. The molecule has 0 heterocycles. The molecular weight excluding hydrogens is 246 g/mol. The number of hydrogen-bond acceptors (Lipinski definition) is 2. The van der Waals surface area contributed by atoms with Crippen LogP contribution in [0.5, 0.6) is 0 Å². The predicted molar refractivity (Wildman–Crippen MR) is 88.0 cm³/mol. The Bertz CT molecular complexity index is 221. The third kappa shape index (κ3) is 6.13.